The molecular weight excluding hydrogens is 206 g/mol. The molecule has 16 heavy (non-hydrogen) atoms. The summed E-state index contributed by atoms with van der Waals surface area (Å²) in [7, 11) is 0. The number of hydrogen-bond donors (Lipinski definition) is 2. The molecule has 0 aromatic rings. The van der Waals surface area contributed by atoms with Crippen LogP contribution in [0.5, 0.6) is 0 Å². The van der Waals surface area contributed by atoms with Gasteiger partial charge >= 0.3 is 5.97 Å². The highest BCUT2D eigenvalue weighted by Crippen LogP contribution is 2.54. The van der Waals surface area contributed by atoms with E-state index in [-0.39, 0.29) is 18.1 Å². The molecule has 0 radical (unpaired) electrons. The fourth-order valence-corrected chi connectivity index (χ4v) is 3.22. The number of rotatable bonds is 3. The molecule has 2 atom stereocenters. The molecule has 0 aliphatic carbocycles. The van der Waals surface area contributed by atoms with Crippen LogP contribution in [-0.4, -0.2) is 28.3 Å². The lowest BCUT2D eigenvalue weighted by atomic mass is 9.65. The third kappa shape index (κ3) is 2.09. The standard InChI is InChI=1S/C12H23NO3/c1-8(13)12(6-9(14)15)7-10(2,3)16-11(12,4)5/h8H,6-7,13H2,1-5H3,(H,14,15). The van der Waals surface area contributed by atoms with Crippen molar-refractivity contribution in [2.45, 2.75) is 64.7 Å². The average Bonchev–Trinajstić information content (AvgIpc) is 2.14. The van der Waals surface area contributed by atoms with Gasteiger partial charge in [-0.25, -0.2) is 0 Å². The molecule has 94 valence electrons. The van der Waals surface area contributed by atoms with Gasteiger partial charge in [-0.3, -0.25) is 4.79 Å². The zero-order chi connectivity index (χ0) is 12.8. The largest absolute Gasteiger partial charge is 0.481 e. The molecule has 0 aromatic heterocycles. The van der Waals surface area contributed by atoms with Crippen LogP contribution in [-0.2, 0) is 9.53 Å². The van der Waals surface area contributed by atoms with Crippen LogP contribution in [0.4, 0.5) is 0 Å². The van der Waals surface area contributed by atoms with E-state index in [1.807, 2.05) is 34.6 Å². The predicted molar refractivity (Wildman–Crippen MR) is 62.2 cm³/mol. The molecule has 0 spiro atoms. The summed E-state index contributed by atoms with van der Waals surface area (Å²) in [4.78, 5) is 11.1. The average molecular weight is 229 g/mol. The van der Waals surface area contributed by atoms with Gasteiger partial charge in [0.1, 0.15) is 0 Å². The van der Waals surface area contributed by atoms with E-state index in [0.717, 1.165) is 0 Å². The fraction of sp³-hybridized carbons (Fsp3) is 0.917. The monoisotopic (exact) mass is 229 g/mol. The fourth-order valence-electron chi connectivity index (χ4n) is 3.22. The van der Waals surface area contributed by atoms with E-state index in [0.29, 0.717) is 6.42 Å². The minimum Gasteiger partial charge on any atom is -0.481 e. The van der Waals surface area contributed by atoms with Crippen LogP contribution in [0.1, 0.15) is 47.5 Å². The number of carbonyl (C=O) groups is 1. The smallest absolute Gasteiger partial charge is 0.304 e. The molecule has 4 heteroatoms. The summed E-state index contributed by atoms with van der Waals surface area (Å²) in [6, 6.07) is -0.208. The van der Waals surface area contributed by atoms with E-state index >= 15 is 0 Å². The first kappa shape index (κ1) is 13.5. The van der Waals surface area contributed by atoms with Crippen LogP contribution in [0, 0.1) is 5.41 Å². The van der Waals surface area contributed by atoms with E-state index in [2.05, 4.69) is 0 Å². The number of carboxylic acid groups (broad SMARTS) is 1. The number of hydrogen-bond acceptors (Lipinski definition) is 3. The normalized spacial score (nSPS) is 33.6. The van der Waals surface area contributed by atoms with Crippen molar-refractivity contribution in [3.63, 3.8) is 0 Å². The highest BCUT2D eigenvalue weighted by atomic mass is 16.5. The van der Waals surface area contributed by atoms with Gasteiger partial charge in [0.05, 0.1) is 17.6 Å². The Morgan fingerprint density at radius 2 is 1.94 bits per heavy atom. The second kappa shape index (κ2) is 3.70. The molecule has 4 nitrogen and oxygen atoms in total. The molecule has 0 aromatic carbocycles. The lowest BCUT2D eigenvalue weighted by molar-refractivity contribution is -0.146. The highest BCUT2D eigenvalue weighted by molar-refractivity contribution is 5.68. The van der Waals surface area contributed by atoms with Crippen molar-refractivity contribution in [2.24, 2.45) is 11.1 Å². The van der Waals surface area contributed by atoms with Crippen molar-refractivity contribution >= 4 is 5.97 Å². The van der Waals surface area contributed by atoms with Gasteiger partial charge in [-0.2, -0.15) is 0 Å². The van der Waals surface area contributed by atoms with Crippen molar-refractivity contribution in [2.75, 3.05) is 0 Å². The van der Waals surface area contributed by atoms with Crippen molar-refractivity contribution < 1.29 is 14.6 Å². The molecule has 1 heterocycles. The van der Waals surface area contributed by atoms with Crippen LogP contribution < -0.4 is 5.73 Å². The third-order valence-electron chi connectivity index (χ3n) is 3.81. The Kier molecular flexibility index (Phi) is 3.12. The molecular formula is C12H23NO3. The van der Waals surface area contributed by atoms with Gasteiger partial charge < -0.3 is 15.6 Å². The molecule has 1 rings (SSSR count). The second-order valence-electron chi connectivity index (χ2n) is 6.06. The summed E-state index contributed by atoms with van der Waals surface area (Å²) in [6.45, 7) is 9.72. The Labute approximate surface area is 97.2 Å². The SMILES string of the molecule is CC(N)C1(CC(=O)O)CC(C)(C)OC1(C)C. The minimum absolute atomic E-state index is 0.0566. The zero-order valence-electron chi connectivity index (χ0n) is 10.8. The molecule has 2 unspecified atom stereocenters. The molecule has 0 amide bonds. The van der Waals surface area contributed by atoms with Crippen LogP contribution in [0.15, 0.2) is 0 Å². The van der Waals surface area contributed by atoms with Crippen molar-refractivity contribution in [3.8, 4) is 0 Å². The summed E-state index contributed by atoms with van der Waals surface area (Å²) in [5, 5.41) is 9.08. The van der Waals surface area contributed by atoms with Crippen LogP contribution >= 0.6 is 0 Å². The van der Waals surface area contributed by atoms with Gasteiger partial charge in [0, 0.05) is 11.5 Å². The van der Waals surface area contributed by atoms with Crippen molar-refractivity contribution in [1.82, 2.24) is 0 Å². The van der Waals surface area contributed by atoms with E-state index < -0.39 is 17.0 Å². The summed E-state index contributed by atoms with van der Waals surface area (Å²) >= 11 is 0. The maximum atomic E-state index is 11.1. The predicted octanol–water partition coefficient (Wildman–Crippen LogP) is 1.77. The molecule has 0 bridgehead atoms. The zero-order valence-corrected chi connectivity index (χ0v) is 10.8. The van der Waals surface area contributed by atoms with E-state index in [9.17, 15) is 4.79 Å². The maximum absolute atomic E-state index is 11.1. The molecule has 0 saturated carbocycles. The first-order chi connectivity index (χ1) is 7.02. The first-order valence-electron chi connectivity index (χ1n) is 5.70. The van der Waals surface area contributed by atoms with E-state index in [1.165, 1.54) is 0 Å². The van der Waals surface area contributed by atoms with Gasteiger partial charge in [-0.1, -0.05) is 0 Å². The molecule has 1 aliphatic heterocycles. The number of aliphatic carboxylic acids is 1. The Morgan fingerprint density at radius 1 is 1.44 bits per heavy atom. The molecule has 1 saturated heterocycles. The lowest BCUT2D eigenvalue weighted by Gasteiger charge is -2.42. The molecule has 3 N–H and O–H groups in total. The Hall–Kier alpha value is -0.610. The van der Waals surface area contributed by atoms with Gasteiger partial charge in [0.15, 0.2) is 0 Å². The molecule has 1 fully saturated rings. The summed E-state index contributed by atoms with van der Waals surface area (Å²) in [5.74, 6) is -0.813. The first-order valence-corrected chi connectivity index (χ1v) is 5.70. The third-order valence-corrected chi connectivity index (χ3v) is 3.81. The van der Waals surface area contributed by atoms with Gasteiger partial charge in [0.25, 0.3) is 0 Å². The second-order valence-corrected chi connectivity index (χ2v) is 6.06. The number of carboxylic acids is 1. The number of ether oxygens (including phenoxy) is 1. The van der Waals surface area contributed by atoms with Crippen LogP contribution in [0.3, 0.4) is 0 Å². The van der Waals surface area contributed by atoms with Crippen molar-refractivity contribution in [3.05, 3.63) is 0 Å². The maximum Gasteiger partial charge on any atom is 0.304 e. The Bertz CT molecular complexity index is 297. The Morgan fingerprint density at radius 3 is 2.19 bits per heavy atom. The van der Waals surface area contributed by atoms with Crippen molar-refractivity contribution in [1.29, 1.82) is 0 Å². The van der Waals surface area contributed by atoms with E-state index in [4.69, 9.17) is 15.6 Å². The van der Waals surface area contributed by atoms with Crippen LogP contribution in [0.2, 0.25) is 0 Å². The quantitative estimate of drug-likeness (QED) is 0.773. The topological polar surface area (TPSA) is 72.6 Å². The number of nitrogens with two attached hydrogens (primary N) is 1. The van der Waals surface area contributed by atoms with Crippen LogP contribution in [0.25, 0.3) is 0 Å². The Balaban J connectivity index is 3.15. The summed E-state index contributed by atoms with van der Waals surface area (Å²) in [6.07, 6.45) is 0.734. The van der Waals surface area contributed by atoms with Gasteiger partial charge in [0.2, 0.25) is 0 Å². The minimum atomic E-state index is -0.813. The van der Waals surface area contributed by atoms with Gasteiger partial charge in [-0.15, -0.1) is 0 Å². The summed E-state index contributed by atoms with van der Waals surface area (Å²) in [5.41, 5.74) is 4.71. The highest BCUT2D eigenvalue weighted by Gasteiger charge is 2.59. The van der Waals surface area contributed by atoms with E-state index in [1.54, 1.807) is 0 Å². The molecule has 1 aliphatic rings. The van der Waals surface area contributed by atoms with Gasteiger partial charge in [-0.05, 0) is 41.0 Å². The lowest BCUT2D eigenvalue weighted by Crippen LogP contribution is -2.52. The summed E-state index contributed by atoms with van der Waals surface area (Å²) < 4.78 is 5.97.